The Bertz CT molecular complexity index is 1200. The molecule has 0 spiro atoms. The lowest BCUT2D eigenvalue weighted by Gasteiger charge is -2.29. The van der Waals surface area contributed by atoms with Crippen LogP contribution in [0.25, 0.3) is 0 Å². The van der Waals surface area contributed by atoms with Gasteiger partial charge in [-0.1, -0.05) is 88.0 Å². The molecule has 3 aromatic carbocycles. The van der Waals surface area contributed by atoms with Gasteiger partial charge in [0.1, 0.15) is 0 Å². The standard InChI is InChI=1S/C34H32N2/c1-7-27(5)25-29(9-3)35(31-17-13-11-14-18-31)33-21-23-34(24-22-33)36(32-19-15-12-16-20-32)30(10-4)26-28(6)8-2/h7-26H,1-6H2/b29-25+,30-26+. The second-order valence-corrected chi connectivity index (χ2v) is 7.96. The van der Waals surface area contributed by atoms with E-state index in [1.165, 1.54) is 0 Å². The third-order valence-corrected chi connectivity index (χ3v) is 5.52. The maximum Gasteiger partial charge on any atom is 0.0463 e. The zero-order chi connectivity index (χ0) is 25.9. The highest BCUT2D eigenvalue weighted by Crippen LogP contribution is 2.35. The van der Waals surface area contributed by atoms with Gasteiger partial charge in [-0.05, 0) is 84.0 Å². The SMILES string of the molecule is C=CC(=C)/C=C(\C=C)N(c1ccccc1)c1ccc(N(/C(C=C)=C/C(=C)C=C)c2ccccc2)cc1. The average molecular weight is 469 g/mol. The van der Waals surface area contributed by atoms with Gasteiger partial charge in [0, 0.05) is 34.1 Å². The predicted molar refractivity (Wildman–Crippen MR) is 159 cm³/mol. The van der Waals surface area contributed by atoms with Crippen molar-refractivity contribution in [3.8, 4) is 0 Å². The van der Waals surface area contributed by atoms with Crippen LogP contribution in [0.4, 0.5) is 22.7 Å². The van der Waals surface area contributed by atoms with Crippen LogP contribution in [-0.4, -0.2) is 0 Å². The first-order chi connectivity index (χ1) is 17.5. The zero-order valence-corrected chi connectivity index (χ0v) is 20.7. The van der Waals surface area contributed by atoms with Gasteiger partial charge in [-0.15, -0.1) is 0 Å². The van der Waals surface area contributed by atoms with Crippen LogP contribution in [-0.2, 0) is 0 Å². The Kier molecular flexibility index (Phi) is 9.02. The van der Waals surface area contributed by atoms with Crippen LogP contribution in [0.15, 0.2) is 183 Å². The molecule has 2 heteroatoms. The fourth-order valence-electron chi connectivity index (χ4n) is 3.73. The fourth-order valence-corrected chi connectivity index (χ4v) is 3.73. The Hall–Kier alpha value is -4.82. The number of rotatable bonds is 12. The molecule has 0 aromatic heterocycles. The van der Waals surface area contributed by atoms with Crippen LogP contribution in [0.1, 0.15) is 0 Å². The monoisotopic (exact) mass is 468 g/mol. The molecule has 0 aliphatic carbocycles. The van der Waals surface area contributed by atoms with E-state index in [2.05, 4.69) is 97.8 Å². The highest BCUT2D eigenvalue weighted by Gasteiger charge is 2.16. The van der Waals surface area contributed by atoms with Gasteiger partial charge in [-0.3, -0.25) is 0 Å². The maximum atomic E-state index is 4.06. The van der Waals surface area contributed by atoms with Gasteiger partial charge in [0.05, 0.1) is 0 Å². The molecule has 3 aromatic rings. The molecule has 0 N–H and O–H groups in total. The van der Waals surface area contributed by atoms with Crippen LogP contribution in [0.5, 0.6) is 0 Å². The Labute approximate surface area is 215 Å². The summed E-state index contributed by atoms with van der Waals surface area (Å²) in [6.07, 6.45) is 11.0. The lowest BCUT2D eigenvalue weighted by Crippen LogP contribution is -2.17. The fraction of sp³-hybridized carbons (Fsp3) is 0. The zero-order valence-electron chi connectivity index (χ0n) is 20.7. The van der Waals surface area contributed by atoms with Crippen LogP contribution in [0.2, 0.25) is 0 Å². The lowest BCUT2D eigenvalue weighted by atomic mass is 10.1. The van der Waals surface area contributed by atoms with Crippen molar-refractivity contribution < 1.29 is 0 Å². The van der Waals surface area contributed by atoms with E-state index in [1.807, 2.05) is 60.7 Å². The van der Waals surface area contributed by atoms with Gasteiger partial charge in [-0.2, -0.15) is 0 Å². The summed E-state index contributed by atoms with van der Waals surface area (Å²) in [6.45, 7) is 23.9. The van der Waals surface area contributed by atoms with E-state index in [4.69, 9.17) is 0 Å². The topological polar surface area (TPSA) is 6.48 Å². The van der Waals surface area contributed by atoms with Gasteiger partial charge >= 0.3 is 0 Å². The molecule has 36 heavy (non-hydrogen) atoms. The minimum absolute atomic E-state index is 0.806. The van der Waals surface area contributed by atoms with Gasteiger partial charge in [0.25, 0.3) is 0 Å². The van der Waals surface area contributed by atoms with Gasteiger partial charge < -0.3 is 9.80 Å². The summed E-state index contributed by atoms with van der Waals surface area (Å²) >= 11 is 0. The molecule has 0 aliphatic heterocycles. The van der Waals surface area contributed by atoms with Crippen molar-refractivity contribution in [3.05, 3.63) is 183 Å². The maximum absolute atomic E-state index is 4.06. The van der Waals surface area contributed by atoms with E-state index in [0.717, 1.165) is 45.3 Å². The van der Waals surface area contributed by atoms with Crippen molar-refractivity contribution in [1.29, 1.82) is 0 Å². The second kappa shape index (κ2) is 12.6. The summed E-state index contributed by atoms with van der Waals surface area (Å²) in [4.78, 5) is 4.28. The third kappa shape index (κ3) is 6.19. The number of anilines is 4. The molecule has 0 radical (unpaired) electrons. The molecule has 0 amide bonds. The van der Waals surface area contributed by atoms with Crippen LogP contribution >= 0.6 is 0 Å². The number of hydrogen-bond acceptors (Lipinski definition) is 2. The van der Waals surface area contributed by atoms with E-state index in [0.29, 0.717) is 0 Å². The highest BCUT2D eigenvalue weighted by molar-refractivity contribution is 5.76. The number of nitrogens with zero attached hydrogens (tertiary/aromatic N) is 2. The predicted octanol–water partition coefficient (Wildman–Crippen LogP) is 9.59. The van der Waals surface area contributed by atoms with E-state index in [-0.39, 0.29) is 0 Å². The minimum Gasteiger partial charge on any atom is -0.311 e. The lowest BCUT2D eigenvalue weighted by molar-refractivity contribution is 1.18. The summed E-state index contributed by atoms with van der Waals surface area (Å²) in [5.74, 6) is 0. The van der Waals surface area contributed by atoms with Gasteiger partial charge in [0.2, 0.25) is 0 Å². The Morgan fingerprint density at radius 3 is 1.03 bits per heavy atom. The molecular weight excluding hydrogens is 436 g/mol. The van der Waals surface area contributed by atoms with Crippen LogP contribution < -0.4 is 9.80 Å². The number of para-hydroxylation sites is 2. The van der Waals surface area contributed by atoms with E-state index < -0.39 is 0 Å². The number of hydrogen-bond donors (Lipinski definition) is 0. The van der Waals surface area contributed by atoms with Crippen molar-refractivity contribution in [2.45, 2.75) is 0 Å². The number of allylic oxidation sites excluding steroid dienone is 8. The normalized spacial score (nSPS) is 11.2. The smallest absolute Gasteiger partial charge is 0.0463 e. The van der Waals surface area contributed by atoms with E-state index in [9.17, 15) is 0 Å². The second-order valence-electron chi connectivity index (χ2n) is 7.96. The van der Waals surface area contributed by atoms with E-state index in [1.54, 1.807) is 12.2 Å². The Morgan fingerprint density at radius 1 is 0.444 bits per heavy atom. The molecule has 0 bridgehead atoms. The van der Waals surface area contributed by atoms with E-state index >= 15 is 0 Å². The number of benzene rings is 3. The molecular formula is C34H32N2. The van der Waals surface area contributed by atoms with Crippen molar-refractivity contribution in [3.63, 3.8) is 0 Å². The first-order valence-corrected chi connectivity index (χ1v) is 11.6. The Balaban J connectivity index is 2.14. The van der Waals surface area contributed by atoms with Crippen molar-refractivity contribution in [2.24, 2.45) is 0 Å². The highest BCUT2D eigenvalue weighted by atomic mass is 15.2. The van der Waals surface area contributed by atoms with Crippen molar-refractivity contribution >= 4 is 22.7 Å². The molecule has 2 nitrogen and oxygen atoms in total. The van der Waals surface area contributed by atoms with Crippen LogP contribution in [0, 0.1) is 0 Å². The summed E-state index contributed by atoms with van der Waals surface area (Å²) in [5.41, 5.74) is 7.41. The quantitative estimate of drug-likeness (QED) is 0.244. The summed E-state index contributed by atoms with van der Waals surface area (Å²) < 4.78 is 0. The van der Waals surface area contributed by atoms with Crippen LogP contribution in [0.3, 0.4) is 0 Å². The van der Waals surface area contributed by atoms with Gasteiger partial charge in [-0.25, -0.2) is 0 Å². The molecule has 0 aliphatic rings. The minimum atomic E-state index is 0.806. The molecule has 178 valence electrons. The molecule has 3 rings (SSSR count). The first kappa shape index (κ1) is 25.8. The van der Waals surface area contributed by atoms with Crippen molar-refractivity contribution in [1.82, 2.24) is 0 Å². The molecule has 0 heterocycles. The summed E-state index contributed by atoms with van der Waals surface area (Å²) in [5, 5.41) is 0. The Morgan fingerprint density at radius 2 is 0.750 bits per heavy atom. The molecule has 0 atom stereocenters. The largest absolute Gasteiger partial charge is 0.311 e. The first-order valence-electron chi connectivity index (χ1n) is 11.6. The molecule has 0 unspecified atom stereocenters. The summed E-state index contributed by atoms with van der Waals surface area (Å²) in [7, 11) is 0. The third-order valence-electron chi connectivity index (χ3n) is 5.52. The molecule has 0 saturated carbocycles. The van der Waals surface area contributed by atoms with Gasteiger partial charge in [0.15, 0.2) is 0 Å². The average Bonchev–Trinajstić information content (AvgIpc) is 2.93. The summed E-state index contributed by atoms with van der Waals surface area (Å²) in [6, 6.07) is 28.7. The molecule has 0 saturated heterocycles. The molecule has 0 fully saturated rings. The van der Waals surface area contributed by atoms with Crippen molar-refractivity contribution in [2.75, 3.05) is 9.80 Å².